The van der Waals surface area contributed by atoms with E-state index in [1.165, 1.54) is 5.56 Å². The van der Waals surface area contributed by atoms with E-state index in [1.54, 1.807) is 7.11 Å². The predicted octanol–water partition coefficient (Wildman–Crippen LogP) is 3.44. The lowest BCUT2D eigenvalue weighted by atomic mass is 10.0. The lowest BCUT2D eigenvalue weighted by molar-refractivity contribution is 0.416. The molecule has 0 heterocycles. The molecule has 106 valence electrons. The van der Waals surface area contributed by atoms with Crippen LogP contribution in [0, 0.1) is 0 Å². The van der Waals surface area contributed by atoms with Gasteiger partial charge in [0, 0.05) is 23.8 Å². The largest absolute Gasteiger partial charge is 0.496 e. The van der Waals surface area contributed by atoms with Crippen LogP contribution in [0.5, 0.6) is 5.75 Å². The zero-order valence-corrected chi connectivity index (χ0v) is 12.3. The van der Waals surface area contributed by atoms with Crippen molar-refractivity contribution in [3.05, 3.63) is 48.0 Å². The van der Waals surface area contributed by atoms with Gasteiger partial charge in [-0.3, -0.25) is 0 Å². The Labute approximate surface area is 120 Å². The van der Waals surface area contributed by atoms with Crippen molar-refractivity contribution in [2.45, 2.75) is 26.4 Å². The van der Waals surface area contributed by atoms with E-state index in [2.05, 4.69) is 43.4 Å². The summed E-state index contributed by atoms with van der Waals surface area (Å²) in [5, 5.41) is 3.42. The molecule has 2 rings (SSSR count). The van der Waals surface area contributed by atoms with Gasteiger partial charge in [-0.25, -0.2) is 0 Å². The molecule has 0 radical (unpaired) electrons. The summed E-state index contributed by atoms with van der Waals surface area (Å²) in [4.78, 5) is 0. The van der Waals surface area contributed by atoms with Crippen molar-refractivity contribution < 1.29 is 4.74 Å². The second kappa shape index (κ2) is 6.44. The molecule has 0 aliphatic heterocycles. The fourth-order valence-electron chi connectivity index (χ4n) is 2.12. The first-order chi connectivity index (χ1) is 9.60. The van der Waals surface area contributed by atoms with Crippen molar-refractivity contribution in [2.75, 3.05) is 12.8 Å². The number of ether oxygens (including phenoxy) is 1. The van der Waals surface area contributed by atoms with Gasteiger partial charge in [-0.05, 0) is 35.4 Å². The molecule has 0 atom stereocenters. The van der Waals surface area contributed by atoms with E-state index in [9.17, 15) is 0 Å². The van der Waals surface area contributed by atoms with Crippen LogP contribution >= 0.6 is 0 Å². The Hall–Kier alpha value is -2.00. The maximum atomic E-state index is 5.89. The van der Waals surface area contributed by atoms with Gasteiger partial charge in [-0.2, -0.15) is 0 Å². The molecular formula is C17H22N2O. The fraction of sp³-hybridized carbons (Fsp3) is 0.294. The van der Waals surface area contributed by atoms with Gasteiger partial charge in [0.2, 0.25) is 0 Å². The number of nitrogens with two attached hydrogens (primary N) is 1. The minimum absolute atomic E-state index is 0.473. The molecule has 0 fully saturated rings. The van der Waals surface area contributed by atoms with E-state index in [-0.39, 0.29) is 0 Å². The van der Waals surface area contributed by atoms with Crippen LogP contribution in [0.1, 0.15) is 19.4 Å². The molecule has 0 saturated heterocycles. The highest BCUT2D eigenvalue weighted by molar-refractivity contribution is 5.74. The van der Waals surface area contributed by atoms with Gasteiger partial charge in [-0.1, -0.05) is 32.0 Å². The molecule has 3 nitrogen and oxygen atoms in total. The maximum absolute atomic E-state index is 5.89. The highest BCUT2D eigenvalue weighted by Crippen LogP contribution is 2.32. The van der Waals surface area contributed by atoms with Gasteiger partial charge < -0.3 is 15.8 Å². The lowest BCUT2D eigenvalue weighted by Crippen LogP contribution is -2.21. The second-order valence-electron chi connectivity index (χ2n) is 5.20. The molecule has 3 heteroatoms. The molecular weight excluding hydrogens is 248 g/mol. The van der Waals surface area contributed by atoms with Crippen LogP contribution in [0.3, 0.4) is 0 Å². The molecule has 0 aliphatic carbocycles. The lowest BCUT2D eigenvalue weighted by Gasteiger charge is -2.12. The molecule has 3 N–H and O–H groups in total. The average Bonchev–Trinajstić information content (AvgIpc) is 2.45. The molecule has 20 heavy (non-hydrogen) atoms. The number of rotatable bonds is 5. The number of anilines is 1. The number of nitrogens with one attached hydrogen (secondary N) is 1. The molecule has 2 aromatic carbocycles. The zero-order valence-electron chi connectivity index (χ0n) is 12.3. The first kappa shape index (κ1) is 14.4. The number of nitrogen functional groups attached to an aromatic ring is 1. The third-order valence-electron chi connectivity index (χ3n) is 3.18. The van der Waals surface area contributed by atoms with Crippen molar-refractivity contribution in [3.63, 3.8) is 0 Å². The Kier molecular flexibility index (Phi) is 4.64. The standard InChI is InChI=1S/C17H22N2O/c1-12(2)19-11-13-5-4-6-14(9-13)16-10-15(18)7-8-17(16)20-3/h4-10,12,19H,11,18H2,1-3H3. The summed E-state index contributed by atoms with van der Waals surface area (Å²) in [6.07, 6.45) is 0. The Bertz CT molecular complexity index is 579. The SMILES string of the molecule is COc1ccc(N)cc1-c1cccc(CNC(C)C)c1. The van der Waals surface area contributed by atoms with Crippen LogP contribution < -0.4 is 15.8 Å². The smallest absolute Gasteiger partial charge is 0.126 e. The predicted molar refractivity (Wildman–Crippen MR) is 84.8 cm³/mol. The van der Waals surface area contributed by atoms with Crippen LogP contribution in [0.15, 0.2) is 42.5 Å². The van der Waals surface area contributed by atoms with E-state index in [0.717, 1.165) is 29.1 Å². The first-order valence-corrected chi connectivity index (χ1v) is 6.86. The van der Waals surface area contributed by atoms with E-state index in [1.807, 2.05) is 18.2 Å². The number of methoxy groups -OCH3 is 1. The molecule has 0 amide bonds. The molecule has 0 unspecified atom stereocenters. The summed E-state index contributed by atoms with van der Waals surface area (Å²) in [5.41, 5.74) is 10.0. The Morgan fingerprint density at radius 1 is 1.15 bits per heavy atom. The molecule has 0 bridgehead atoms. The third kappa shape index (κ3) is 3.52. The second-order valence-corrected chi connectivity index (χ2v) is 5.20. The Morgan fingerprint density at radius 3 is 2.65 bits per heavy atom. The normalized spacial score (nSPS) is 10.8. The molecule has 2 aromatic rings. The summed E-state index contributed by atoms with van der Waals surface area (Å²) in [6, 6.07) is 14.6. The number of benzene rings is 2. The van der Waals surface area contributed by atoms with Crippen molar-refractivity contribution in [3.8, 4) is 16.9 Å². The summed E-state index contributed by atoms with van der Waals surface area (Å²) in [7, 11) is 1.68. The van der Waals surface area contributed by atoms with Gasteiger partial charge in [0.25, 0.3) is 0 Å². The van der Waals surface area contributed by atoms with Crippen molar-refractivity contribution in [1.82, 2.24) is 5.32 Å². The fourth-order valence-corrected chi connectivity index (χ4v) is 2.12. The summed E-state index contributed by atoms with van der Waals surface area (Å²) < 4.78 is 5.42. The highest BCUT2D eigenvalue weighted by Gasteiger charge is 2.07. The summed E-state index contributed by atoms with van der Waals surface area (Å²) in [6.45, 7) is 5.14. The van der Waals surface area contributed by atoms with Gasteiger partial charge in [0.15, 0.2) is 0 Å². The maximum Gasteiger partial charge on any atom is 0.126 e. The van der Waals surface area contributed by atoms with Gasteiger partial charge in [-0.15, -0.1) is 0 Å². The number of hydrogen-bond donors (Lipinski definition) is 2. The van der Waals surface area contributed by atoms with Gasteiger partial charge >= 0.3 is 0 Å². The first-order valence-electron chi connectivity index (χ1n) is 6.86. The van der Waals surface area contributed by atoms with E-state index in [4.69, 9.17) is 10.5 Å². The van der Waals surface area contributed by atoms with E-state index >= 15 is 0 Å². The molecule has 0 aromatic heterocycles. The van der Waals surface area contributed by atoms with Crippen molar-refractivity contribution in [2.24, 2.45) is 0 Å². The Balaban J connectivity index is 2.33. The van der Waals surface area contributed by atoms with Crippen LogP contribution in [-0.2, 0) is 6.54 Å². The van der Waals surface area contributed by atoms with E-state index in [0.29, 0.717) is 6.04 Å². The highest BCUT2D eigenvalue weighted by atomic mass is 16.5. The van der Waals surface area contributed by atoms with Crippen molar-refractivity contribution >= 4 is 5.69 Å². The average molecular weight is 270 g/mol. The Morgan fingerprint density at radius 2 is 1.95 bits per heavy atom. The van der Waals surface area contributed by atoms with Crippen LogP contribution in [0.4, 0.5) is 5.69 Å². The van der Waals surface area contributed by atoms with Crippen molar-refractivity contribution in [1.29, 1.82) is 0 Å². The molecule has 0 aliphatic rings. The monoisotopic (exact) mass is 270 g/mol. The minimum Gasteiger partial charge on any atom is -0.496 e. The zero-order chi connectivity index (χ0) is 14.5. The summed E-state index contributed by atoms with van der Waals surface area (Å²) in [5.74, 6) is 0.841. The topological polar surface area (TPSA) is 47.3 Å². The molecule has 0 saturated carbocycles. The molecule has 0 spiro atoms. The third-order valence-corrected chi connectivity index (χ3v) is 3.18. The van der Waals surface area contributed by atoms with Crippen LogP contribution in [-0.4, -0.2) is 13.2 Å². The van der Waals surface area contributed by atoms with Crippen LogP contribution in [0.25, 0.3) is 11.1 Å². The van der Waals surface area contributed by atoms with Gasteiger partial charge in [0.1, 0.15) is 5.75 Å². The quantitative estimate of drug-likeness (QED) is 0.818. The summed E-state index contributed by atoms with van der Waals surface area (Å²) >= 11 is 0. The van der Waals surface area contributed by atoms with Crippen LogP contribution in [0.2, 0.25) is 0 Å². The van der Waals surface area contributed by atoms with E-state index < -0.39 is 0 Å². The number of hydrogen-bond acceptors (Lipinski definition) is 3. The minimum atomic E-state index is 0.473. The van der Waals surface area contributed by atoms with Gasteiger partial charge in [0.05, 0.1) is 7.11 Å².